The van der Waals surface area contributed by atoms with Crippen molar-refractivity contribution in [2.45, 2.75) is 65.7 Å². The van der Waals surface area contributed by atoms with Crippen LogP contribution >= 0.6 is 0 Å². The molecule has 0 aromatic heterocycles. The average Bonchev–Trinajstić information content (AvgIpc) is 2.69. The van der Waals surface area contributed by atoms with Crippen LogP contribution in [0.4, 0.5) is 0 Å². The molecule has 1 aromatic rings. The van der Waals surface area contributed by atoms with E-state index in [1.54, 1.807) is 0 Å². The number of rotatable bonds is 8. The van der Waals surface area contributed by atoms with Gasteiger partial charge in [0, 0.05) is 6.61 Å². The molecule has 2 aliphatic carbocycles. The zero-order chi connectivity index (χ0) is 22.9. The smallest absolute Gasteiger partial charge is 0.177 e. The first-order valence-corrected chi connectivity index (χ1v) is 11.3. The highest BCUT2D eigenvalue weighted by molar-refractivity contribution is 6.20. The molecule has 1 fully saturated rings. The monoisotopic (exact) mass is 428 g/mol. The van der Waals surface area contributed by atoms with Crippen LogP contribution in [0.5, 0.6) is 5.75 Å². The highest BCUT2D eigenvalue weighted by Crippen LogP contribution is 2.47. The van der Waals surface area contributed by atoms with Crippen LogP contribution in [0.3, 0.4) is 0 Å². The minimum Gasteiger partial charge on any atom is -0.507 e. The summed E-state index contributed by atoms with van der Waals surface area (Å²) in [4.78, 5) is 51.3. The number of benzene rings is 1. The molecule has 0 bridgehead atoms. The summed E-state index contributed by atoms with van der Waals surface area (Å²) >= 11 is 0. The van der Waals surface area contributed by atoms with Crippen LogP contribution in [0.2, 0.25) is 0 Å². The van der Waals surface area contributed by atoms with Gasteiger partial charge in [-0.2, -0.15) is 0 Å². The van der Waals surface area contributed by atoms with E-state index in [9.17, 15) is 29.4 Å². The first kappa shape index (κ1) is 23.3. The number of fused-ring (bicyclic) bond motifs is 2. The number of hydrogen-bond donors (Lipinski definition) is 2. The van der Waals surface area contributed by atoms with Crippen LogP contribution in [0.15, 0.2) is 6.07 Å². The molecule has 3 rings (SSSR count). The molecule has 0 heterocycles. The van der Waals surface area contributed by atoms with Gasteiger partial charge in [0.2, 0.25) is 0 Å². The highest BCUT2D eigenvalue weighted by Gasteiger charge is 2.52. The molecular weight excluding hydrogens is 396 g/mol. The number of phenolic OH excluding ortho intramolecular Hbond substituents is 1. The molecule has 0 spiro atoms. The van der Waals surface area contributed by atoms with Gasteiger partial charge < -0.3 is 10.2 Å². The van der Waals surface area contributed by atoms with Gasteiger partial charge in [0.15, 0.2) is 17.3 Å². The van der Waals surface area contributed by atoms with E-state index in [4.69, 9.17) is 0 Å². The standard InChI is InChI=1S/C25H32O6/c1-4-6-15-10-14(5-2)23(29)22-18(15)12-17-11-16(7-8-26)20(19(28)9-13(3)27)24(30)21(17)25(22)31/h10,16-17,20-21,26,29H,4-9,11-12H2,1-3H3. The molecule has 168 valence electrons. The van der Waals surface area contributed by atoms with Crippen molar-refractivity contribution in [3.05, 3.63) is 28.3 Å². The summed E-state index contributed by atoms with van der Waals surface area (Å²) in [5.41, 5.74) is 2.81. The SMILES string of the molecule is CCCc1cc(CC)c(O)c2c1CC1CC(CCO)C(C(=O)CC(C)=O)C(=O)C1C2=O. The summed E-state index contributed by atoms with van der Waals surface area (Å²) in [7, 11) is 0. The minimum absolute atomic E-state index is 0.0438. The summed E-state index contributed by atoms with van der Waals surface area (Å²) in [6.07, 6.45) is 3.17. The van der Waals surface area contributed by atoms with E-state index in [0.29, 0.717) is 24.8 Å². The largest absolute Gasteiger partial charge is 0.507 e. The van der Waals surface area contributed by atoms with Crippen molar-refractivity contribution in [2.75, 3.05) is 6.61 Å². The van der Waals surface area contributed by atoms with E-state index in [1.165, 1.54) is 6.92 Å². The Balaban J connectivity index is 2.08. The van der Waals surface area contributed by atoms with Crippen LogP contribution in [-0.4, -0.2) is 40.0 Å². The summed E-state index contributed by atoms with van der Waals surface area (Å²) < 4.78 is 0. The summed E-state index contributed by atoms with van der Waals surface area (Å²) in [6, 6.07) is 1.97. The zero-order valence-corrected chi connectivity index (χ0v) is 18.6. The van der Waals surface area contributed by atoms with E-state index in [2.05, 4.69) is 6.92 Å². The Morgan fingerprint density at radius 3 is 2.45 bits per heavy atom. The molecular formula is C25H32O6. The molecule has 4 atom stereocenters. The predicted molar refractivity (Wildman–Crippen MR) is 115 cm³/mol. The van der Waals surface area contributed by atoms with Gasteiger partial charge in [-0.3, -0.25) is 19.2 Å². The van der Waals surface area contributed by atoms with Gasteiger partial charge in [0.05, 0.1) is 23.8 Å². The third-order valence-corrected chi connectivity index (χ3v) is 6.91. The lowest BCUT2D eigenvalue weighted by molar-refractivity contribution is -0.142. The van der Waals surface area contributed by atoms with Crippen molar-refractivity contribution >= 4 is 23.1 Å². The molecule has 1 saturated carbocycles. The maximum atomic E-state index is 13.6. The number of aryl methyl sites for hydroxylation is 2. The molecule has 31 heavy (non-hydrogen) atoms. The fraction of sp³-hybridized carbons (Fsp3) is 0.600. The number of aromatic hydroxyl groups is 1. The van der Waals surface area contributed by atoms with Crippen LogP contribution in [-0.2, 0) is 33.6 Å². The fourth-order valence-electron chi connectivity index (χ4n) is 5.60. The normalized spacial score (nSPS) is 25.2. The van der Waals surface area contributed by atoms with Gasteiger partial charge in [-0.1, -0.05) is 26.3 Å². The molecule has 2 aliphatic rings. The molecule has 0 aliphatic heterocycles. The van der Waals surface area contributed by atoms with Crippen LogP contribution in [0.1, 0.15) is 73.5 Å². The van der Waals surface area contributed by atoms with Gasteiger partial charge >= 0.3 is 0 Å². The molecule has 0 saturated heterocycles. The number of hydrogen-bond acceptors (Lipinski definition) is 6. The third kappa shape index (κ3) is 4.22. The number of ketones is 4. The van der Waals surface area contributed by atoms with Gasteiger partial charge in [-0.25, -0.2) is 0 Å². The van der Waals surface area contributed by atoms with Crippen LogP contribution in [0, 0.1) is 23.7 Å². The molecule has 6 nitrogen and oxygen atoms in total. The zero-order valence-electron chi connectivity index (χ0n) is 18.6. The second kappa shape index (κ2) is 9.43. The van der Waals surface area contributed by atoms with Gasteiger partial charge in [-0.05, 0) is 67.6 Å². The Labute approximate surface area is 183 Å². The molecule has 0 radical (unpaired) electrons. The molecule has 1 aromatic carbocycles. The number of carbonyl (C=O) groups excluding carboxylic acids is 4. The van der Waals surface area contributed by atoms with E-state index in [0.717, 1.165) is 24.0 Å². The second-order valence-corrected chi connectivity index (χ2v) is 9.04. The van der Waals surface area contributed by atoms with Crippen molar-refractivity contribution in [3.63, 3.8) is 0 Å². The lowest BCUT2D eigenvalue weighted by Crippen LogP contribution is -2.50. The first-order valence-electron chi connectivity index (χ1n) is 11.3. The van der Waals surface area contributed by atoms with Gasteiger partial charge in [0.1, 0.15) is 11.5 Å². The van der Waals surface area contributed by atoms with E-state index in [-0.39, 0.29) is 48.4 Å². The molecule has 0 amide bonds. The lowest BCUT2D eigenvalue weighted by atomic mass is 9.58. The Bertz CT molecular complexity index is 915. The first-order chi connectivity index (χ1) is 14.7. The van der Waals surface area contributed by atoms with Crippen LogP contribution < -0.4 is 0 Å². The number of phenols is 1. The maximum absolute atomic E-state index is 13.6. The number of Topliss-reactive ketones (excluding diaryl/α,β-unsaturated/α-hetero) is 4. The highest BCUT2D eigenvalue weighted by atomic mass is 16.3. The quantitative estimate of drug-likeness (QED) is 0.616. The average molecular weight is 429 g/mol. The fourth-order valence-corrected chi connectivity index (χ4v) is 5.60. The number of aliphatic hydroxyl groups is 1. The van der Waals surface area contributed by atoms with Gasteiger partial charge in [0.25, 0.3) is 0 Å². The predicted octanol–water partition coefficient (Wildman–Crippen LogP) is 3.01. The number of carbonyl (C=O) groups is 4. The lowest BCUT2D eigenvalue weighted by Gasteiger charge is -2.42. The third-order valence-electron chi connectivity index (χ3n) is 6.91. The minimum atomic E-state index is -1.05. The number of aliphatic hydroxyl groups excluding tert-OH is 1. The Kier molecular flexibility index (Phi) is 7.10. The van der Waals surface area contributed by atoms with E-state index < -0.39 is 29.2 Å². The topological polar surface area (TPSA) is 109 Å². The van der Waals surface area contributed by atoms with Crippen molar-refractivity contribution in [1.82, 2.24) is 0 Å². The molecule has 2 N–H and O–H groups in total. The van der Waals surface area contributed by atoms with Gasteiger partial charge in [-0.15, -0.1) is 0 Å². The molecule has 6 heteroatoms. The Hall–Kier alpha value is -2.34. The second-order valence-electron chi connectivity index (χ2n) is 9.04. The van der Waals surface area contributed by atoms with Crippen molar-refractivity contribution in [1.29, 1.82) is 0 Å². The summed E-state index contributed by atoms with van der Waals surface area (Å²) in [6.45, 7) is 5.11. The van der Waals surface area contributed by atoms with E-state index >= 15 is 0 Å². The summed E-state index contributed by atoms with van der Waals surface area (Å²) in [5.74, 6) is -4.34. The van der Waals surface area contributed by atoms with Crippen molar-refractivity contribution in [2.24, 2.45) is 23.7 Å². The Morgan fingerprint density at radius 1 is 1.16 bits per heavy atom. The summed E-state index contributed by atoms with van der Waals surface area (Å²) in [5, 5.41) is 20.3. The Morgan fingerprint density at radius 2 is 1.87 bits per heavy atom. The van der Waals surface area contributed by atoms with Crippen LogP contribution in [0.25, 0.3) is 0 Å². The van der Waals surface area contributed by atoms with Crippen molar-refractivity contribution in [3.8, 4) is 5.75 Å². The maximum Gasteiger partial charge on any atom is 0.177 e. The molecule has 4 unspecified atom stereocenters. The van der Waals surface area contributed by atoms with Crippen molar-refractivity contribution < 1.29 is 29.4 Å². The van der Waals surface area contributed by atoms with E-state index in [1.807, 2.05) is 13.0 Å².